The molecule has 0 unspecified atom stereocenters. The Morgan fingerprint density at radius 3 is 2.49 bits per heavy atom. The molecule has 0 spiro atoms. The largest absolute Gasteiger partial charge is 0.307 e. The minimum Gasteiger partial charge on any atom is -0.307 e. The molecule has 1 aliphatic rings. The number of nitrogens with zero attached hydrogens (tertiary/aromatic N) is 3. The van der Waals surface area contributed by atoms with Gasteiger partial charge in [0.15, 0.2) is 5.13 Å². The fourth-order valence-corrected chi connectivity index (χ4v) is 5.44. The van der Waals surface area contributed by atoms with E-state index in [9.17, 15) is 9.59 Å². The number of thiazole rings is 1. The molecule has 1 saturated heterocycles. The number of aryl methyl sites for hydroxylation is 1. The quantitative estimate of drug-likeness (QED) is 0.346. The van der Waals surface area contributed by atoms with Crippen LogP contribution < -0.4 is 10.6 Å². The monoisotopic (exact) mass is 511 g/mol. The number of pyridine rings is 1. The normalized spacial score (nSPS) is 14.3. The second kappa shape index (κ2) is 11.0. The topological polar surface area (TPSA) is 87.2 Å². The van der Waals surface area contributed by atoms with E-state index in [0.29, 0.717) is 16.5 Å². The van der Waals surface area contributed by atoms with Crippen molar-refractivity contribution < 1.29 is 9.59 Å². The Bertz CT molecular complexity index is 1410. The van der Waals surface area contributed by atoms with Crippen molar-refractivity contribution >= 4 is 34.1 Å². The minimum absolute atomic E-state index is 0.00769. The van der Waals surface area contributed by atoms with Crippen molar-refractivity contribution in [3.05, 3.63) is 84.1 Å². The van der Waals surface area contributed by atoms with Crippen LogP contribution in [0, 0.1) is 12.8 Å². The van der Waals surface area contributed by atoms with Gasteiger partial charge in [0, 0.05) is 23.2 Å². The summed E-state index contributed by atoms with van der Waals surface area (Å²) in [6.07, 6.45) is 3.37. The van der Waals surface area contributed by atoms with Crippen molar-refractivity contribution in [2.75, 3.05) is 30.8 Å². The first-order valence-electron chi connectivity index (χ1n) is 12.4. The van der Waals surface area contributed by atoms with Crippen molar-refractivity contribution in [1.29, 1.82) is 0 Å². The number of aromatic nitrogens is 2. The number of amides is 2. The number of benzene rings is 2. The minimum atomic E-state index is -0.223. The molecule has 0 radical (unpaired) electrons. The molecule has 5 rings (SSSR count). The van der Waals surface area contributed by atoms with Gasteiger partial charge in [-0.3, -0.25) is 9.59 Å². The van der Waals surface area contributed by atoms with Crippen LogP contribution in [-0.2, 0) is 4.79 Å². The number of anilines is 2. The molecule has 2 amide bonds. The zero-order valence-corrected chi connectivity index (χ0v) is 21.7. The fraction of sp³-hybridized carbons (Fsp3) is 0.241. The molecule has 2 aromatic heterocycles. The van der Waals surface area contributed by atoms with Gasteiger partial charge < -0.3 is 15.5 Å². The van der Waals surface area contributed by atoms with E-state index in [-0.39, 0.29) is 17.7 Å². The second-order valence-corrected chi connectivity index (χ2v) is 10.4. The summed E-state index contributed by atoms with van der Waals surface area (Å²) >= 11 is 1.44. The Labute approximate surface area is 220 Å². The molecule has 0 bridgehead atoms. The molecule has 0 aliphatic carbocycles. The van der Waals surface area contributed by atoms with E-state index in [0.717, 1.165) is 53.2 Å². The predicted molar refractivity (Wildman–Crippen MR) is 149 cm³/mol. The predicted octanol–water partition coefficient (Wildman–Crippen LogP) is 5.71. The highest BCUT2D eigenvalue weighted by Gasteiger charge is 2.25. The standard InChI is InChI=1S/C29H29N5O2S/c1-19-7-6-10-22(17-19)25-26(37-29(32-25)33-28(36)21-12-15-34(2)16-13-21)23-11-14-30-24(18-23)31-27(35)20-8-4-3-5-9-20/h3-11,14,17-18,21H,12-13,15-16H2,1-2H3,(H,30,31,35)(H,32,33,36). The lowest BCUT2D eigenvalue weighted by Gasteiger charge is -2.27. The van der Waals surface area contributed by atoms with E-state index in [4.69, 9.17) is 4.98 Å². The Hall–Kier alpha value is -3.88. The third-order valence-corrected chi connectivity index (χ3v) is 7.56. The molecule has 2 aromatic carbocycles. The van der Waals surface area contributed by atoms with Crippen LogP contribution in [0.1, 0.15) is 28.8 Å². The molecule has 0 saturated carbocycles. The van der Waals surface area contributed by atoms with Crippen LogP contribution in [0.3, 0.4) is 0 Å². The van der Waals surface area contributed by atoms with Gasteiger partial charge in [-0.25, -0.2) is 9.97 Å². The Kier molecular flexibility index (Phi) is 7.39. The van der Waals surface area contributed by atoms with Crippen LogP contribution in [0.2, 0.25) is 0 Å². The number of rotatable bonds is 6. The molecule has 3 heterocycles. The number of nitrogens with one attached hydrogen (secondary N) is 2. The molecule has 37 heavy (non-hydrogen) atoms. The van der Waals surface area contributed by atoms with Gasteiger partial charge in [0.05, 0.1) is 10.6 Å². The van der Waals surface area contributed by atoms with Crippen LogP contribution in [0.25, 0.3) is 21.7 Å². The van der Waals surface area contributed by atoms with E-state index in [1.54, 1.807) is 18.3 Å². The highest BCUT2D eigenvalue weighted by atomic mass is 32.1. The van der Waals surface area contributed by atoms with Gasteiger partial charge in [-0.1, -0.05) is 53.3 Å². The molecular weight excluding hydrogens is 482 g/mol. The third-order valence-electron chi connectivity index (χ3n) is 6.54. The average molecular weight is 512 g/mol. The van der Waals surface area contributed by atoms with Crippen LogP contribution >= 0.6 is 11.3 Å². The summed E-state index contributed by atoms with van der Waals surface area (Å²) in [6.45, 7) is 3.89. The van der Waals surface area contributed by atoms with Gasteiger partial charge in [-0.05, 0) is 75.8 Å². The van der Waals surface area contributed by atoms with E-state index >= 15 is 0 Å². The van der Waals surface area contributed by atoms with Gasteiger partial charge in [-0.15, -0.1) is 0 Å². The maximum Gasteiger partial charge on any atom is 0.256 e. The van der Waals surface area contributed by atoms with Crippen molar-refractivity contribution in [3.63, 3.8) is 0 Å². The van der Waals surface area contributed by atoms with Crippen LogP contribution in [0.4, 0.5) is 10.9 Å². The maximum atomic E-state index is 13.0. The van der Waals surface area contributed by atoms with Crippen molar-refractivity contribution in [1.82, 2.24) is 14.9 Å². The Morgan fingerprint density at radius 2 is 1.73 bits per heavy atom. The second-order valence-electron chi connectivity index (χ2n) is 9.38. The van der Waals surface area contributed by atoms with Crippen LogP contribution in [0.15, 0.2) is 72.9 Å². The molecule has 8 heteroatoms. The van der Waals surface area contributed by atoms with E-state index in [2.05, 4.69) is 33.6 Å². The van der Waals surface area contributed by atoms with Gasteiger partial charge >= 0.3 is 0 Å². The summed E-state index contributed by atoms with van der Waals surface area (Å²) in [4.78, 5) is 38.0. The Balaban J connectivity index is 1.45. The summed E-state index contributed by atoms with van der Waals surface area (Å²) in [5, 5.41) is 6.53. The first-order valence-corrected chi connectivity index (χ1v) is 13.2. The number of carbonyl (C=O) groups excluding carboxylic acids is 2. The average Bonchev–Trinajstić information content (AvgIpc) is 3.33. The summed E-state index contributed by atoms with van der Waals surface area (Å²) in [5.41, 5.74) is 4.31. The molecule has 1 fully saturated rings. The lowest BCUT2D eigenvalue weighted by atomic mass is 9.96. The highest BCUT2D eigenvalue weighted by Crippen LogP contribution is 2.40. The van der Waals surface area contributed by atoms with Crippen molar-refractivity contribution in [2.45, 2.75) is 19.8 Å². The van der Waals surface area contributed by atoms with Gasteiger partial charge in [0.2, 0.25) is 5.91 Å². The number of hydrogen-bond acceptors (Lipinski definition) is 6. The number of piperidine rings is 1. The summed E-state index contributed by atoms with van der Waals surface area (Å²) in [5.74, 6) is 0.243. The number of carbonyl (C=O) groups is 2. The lowest BCUT2D eigenvalue weighted by molar-refractivity contribution is -0.121. The van der Waals surface area contributed by atoms with Crippen molar-refractivity contribution in [3.8, 4) is 21.7 Å². The van der Waals surface area contributed by atoms with Crippen LogP contribution in [0.5, 0.6) is 0 Å². The third kappa shape index (κ3) is 5.93. The summed E-state index contributed by atoms with van der Waals surface area (Å²) in [7, 11) is 2.08. The Morgan fingerprint density at radius 1 is 0.946 bits per heavy atom. The van der Waals surface area contributed by atoms with E-state index in [1.165, 1.54) is 11.3 Å². The zero-order chi connectivity index (χ0) is 25.8. The lowest BCUT2D eigenvalue weighted by Crippen LogP contribution is -2.35. The van der Waals surface area contributed by atoms with E-state index in [1.807, 2.05) is 55.5 Å². The van der Waals surface area contributed by atoms with Gasteiger partial charge in [0.25, 0.3) is 5.91 Å². The summed E-state index contributed by atoms with van der Waals surface area (Å²) < 4.78 is 0. The van der Waals surface area contributed by atoms with Gasteiger partial charge in [-0.2, -0.15) is 0 Å². The number of likely N-dealkylation sites (tertiary alicyclic amines) is 1. The van der Waals surface area contributed by atoms with E-state index < -0.39 is 0 Å². The molecular formula is C29H29N5O2S. The zero-order valence-electron chi connectivity index (χ0n) is 20.9. The molecule has 1 aliphatic heterocycles. The highest BCUT2D eigenvalue weighted by molar-refractivity contribution is 7.19. The summed E-state index contributed by atoms with van der Waals surface area (Å²) in [6, 6.07) is 20.9. The van der Waals surface area contributed by atoms with Crippen molar-refractivity contribution in [2.24, 2.45) is 5.92 Å². The fourth-order valence-electron chi connectivity index (χ4n) is 4.45. The molecule has 7 nitrogen and oxygen atoms in total. The molecule has 0 atom stereocenters. The molecule has 4 aromatic rings. The smallest absolute Gasteiger partial charge is 0.256 e. The maximum absolute atomic E-state index is 13.0. The molecule has 2 N–H and O–H groups in total. The number of hydrogen-bond donors (Lipinski definition) is 2. The SMILES string of the molecule is Cc1cccc(-c2nc(NC(=O)C3CCN(C)CC3)sc2-c2ccnc(NC(=O)c3ccccc3)c2)c1. The van der Waals surface area contributed by atoms with Crippen LogP contribution in [-0.4, -0.2) is 46.8 Å². The first-order chi connectivity index (χ1) is 18.0. The first kappa shape index (κ1) is 24.8. The van der Waals surface area contributed by atoms with Gasteiger partial charge in [0.1, 0.15) is 5.82 Å². The molecule has 188 valence electrons.